The van der Waals surface area contributed by atoms with Crippen molar-refractivity contribution in [2.75, 3.05) is 0 Å². The molecule has 0 radical (unpaired) electrons. The van der Waals surface area contributed by atoms with E-state index in [9.17, 15) is 9.18 Å². The molecule has 0 aliphatic rings. The molecule has 0 aromatic heterocycles. The molecule has 2 aromatic rings. The van der Waals surface area contributed by atoms with Crippen LogP contribution in [0.1, 0.15) is 28.4 Å². The van der Waals surface area contributed by atoms with E-state index in [-0.39, 0.29) is 0 Å². The number of rotatable bonds is 3. The molecule has 0 aliphatic carbocycles. The third-order valence-corrected chi connectivity index (χ3v) is 3.11. The van der Waals surface area contributed by atoms with E-state index in [1.54, 1.807) is 42.5 Å². The summed E-state index contributed by atoms with van der Waals surface area (Å²) in [6, 6.07) is 15.6. The largest absolute Gasteiger partial charge is 0.290 e. The van der Waals surface area contributed by atoms with Gasteiger partial charge in [0.05, 0.1) is 0 Å². The average molecular weight is 242 g/mol. The van der Waals surface area contributed by atoms with E-state index in [1.165, 1.54) is 6.92 Å². The number of Topliss-reactive ketones (excluding diaryl/α,β-unsaturated/α-hetero) is 1. The van der Waals surface area contributed by atoms with E-state index in [0.717, 1.165) is 5.56 Å². The second kappa shape index (κ2) is 4.73. The van der Waals surface area contributed by atoms with Crippen LogP contribution in [0.3, 0.4) is 0 Å². The van der Waals surface area contributed by atoms with E-state index in [2.05, 4.69) is 0 Å². The number of carbonyl (C=O) groups is 1. The normalized spacial score (nSPS) is 13.9. The van der Waals surface area contributed by atoms with Gasteiger partial charge in [0.2, 0.25) is 5.78 Å². The molecule has 0 fully saturated rings. The molecule has 1 atom stereocenters. The summed E-state index contributed by atoms with van der Waals surface area (Å²) in [5.74, 6) is -0.502. The van der Waals surface area contributed by atoms with Crippen LogP contribution in [0.15, 0.2) is 54.6 Å². The summed E-state index contributed by atoms with van der Waals surface area (Å²) < 4.78 is 14.8. The fourth-order valence-electron chi connectivity index (χ4n) is 2.08. The highest BCUT2D eigenvalue weighted by atomic mass is 19.1. The third-order valence-electron chi connectivity index (χ3n) is 3.11. The van der Waals surface area contributed by atoms with Gasteiger partial charge in [-0.15, -0.1) is 0 Å². The summed E-state index contributed by atoms with van der Waals surface area (Å²) in [5.41, 5.74) is -0.386. The second-order valence-electron chi connectivity index (χ2n) is 4.51. The van der Waals surface area contributed by atoms with Gasteiger partial charge >= 0.3 is 0 Å². The molecule has 92 valence electrons. The van der Waals surface area contributed by atoms with Crippen LogP contribution in [0.5, 0.6) is 0 Å². The molecule has 2 heteroatoms. The Hall–Kier alpha value is -1.96. The number of aryl methyl sites for hydroxylation is 1. The van der Waals surface area contributed by atoms with Crippen LogP contribution in [-0.2, 0) is 5.67 Å². The van der Waals surface area contributed by atoms with Crippen molar-refractivity contribution in [2.45, 2.75) is 19.5 Å². The lowest BCUT2D eigenvalue weighted by molar-refractivity contribution is 0.0718. The molecule has 0 aliphatic heterocycles. The smallest absolute Gasteiger partial charge is 0.204 e. The van der Waals surface area contributed by atoms with Crippen LogP contribution in [0.2, 0.25) is 0 Å². The first-order chi connectivity index (χ1) is 8.53. The molecule has 1 nitrogen and oxygen atoms in total. The Morgan fingerprint density at radius 3 is 2.17 bits per heavy atom. The van der Waals surface area contributed by atoms with Gasteiger partial charge in [0.25, 0.3) is 0 Å². The summed E-state index contributed by atoms with van der Waals surface area (Å²) in [6.07, 6.45) is 0. The maximum absolute atomic E-state index is 14.8. The third kappa shape index (κ3) is 2.19. The Morgan fingerprint density at radius 1 is 1.00 bits per heavy atom. The van der Waals surface area contributed by atoms with Crippen molar-refractivity contribution in [1.29, 1.82) is 0 Å². The van der Waals surface area contributed by atoms with E-state index in [1.807, 2.05) is 19.1 Å². The average Bonchev–Trinajstić information content (AvgIpc) is 2.39. The highest BCUT2D eigenvalue weighted by molar-refractivity contribution is 6.02. The van der Waals surface area contributed by atoms with Crippen LogP contribution in [0, 0.1) is 6.92 Å². The Labute approximate surface area is 106 Å². The monoisotopic (exact) mass is 242 g/mol. The number of alkyl halides is 1. The molecule has 0 N–H and O–H groups in total. The Balaban J connectivity index is 2.44. The summed E-state index contributed by atoms with van der Waals surface area (Å²) >= 11 is 0. The molecule has 1 unspecified atom stereocenters. The molecule has 0 amide bonds. The Bertz CT molecular complexity index is 558. The van der Waals surface area contributed by atoms with E-state index < -0.39 is 11.5 Å². The lowest BCUT2D eigenvalue weighted by Crippen LogP contribution is -2.28. The lowest BCUT2D eigenvalue weighted by atomic mass is 9.87. The summed E-state index contributed by atoms with van der Waals surface area (Å²) in [6.45, 7) is 3.14. The van der Waals surface area contributed by atoms with Crippen molar-refractivity contribution in [3.63, 3.8) is 0 Å². The zero-order chi connectivity index (χ0) is 13.2. The van der Waals surface area contributed by atoms with Crippen LogP contribution >= 0.6 is 0 Å². The van der Waals surface area contributed by atoms with Crippen molar-refractivity contribution in [1.82, 2.24) is 0 Å². The van der Waals surface area contributed by atoms with Gasteiger partial charge in [0, 0.05) is 5.56 Å². The van der Waals surface area contributed by atoms with Gasteiger partial charge in [-0.2, -0.15) is 0 Å². The van der Waals surface area contributed by atoms with Gasteiger partial charge in [-0.3, -0.25) is 4.79 Å². The first-order valence-corrected chi connectivity index (χ1v) is 5.88. The van der Waals surface area contributed by atoms with Gasteiger partial charge in [-0.05, 0) is 25.0 Å². The maximum atomic E-state index is 14.8. The van der Waals surface area contributed by atoms with Crippen molar-refractivity contribution < 1.29 is 9.18 Å². The number of halogens is 1. The fourth-order valence-corrected chi connectivity index (χ4v) is 2.08. The molecule has 0 bridgehead atoms. The summed E-state index contributed by atoms with van der Waals surface area (Å²) in [7, 11) is 0. The Kier molecular flexibility index (Phi) is 3.28. The molecule has 0 heterocycles. The topological polar surface area (TPSA) is 17.1 Å². The van der Waals surface area contributed by atoms with Crippen molar-refractivity contribution >= 4 is 5.78 Å². The number of carbonyl (C=O) groups excluding carboxylic acids is 1. The predicted octanol–water partition coefficient (Wildman–Crippen LogP) is 4.06. The highest BCUT2D eigenvalue weighted by Gasteiger charge is 2.36. The standard InChI is InChI=1S/C16H15FO/c1-12-8-6-7-11-14(12)16(2,17)15(18)13-9-4-3-5-10-13/h3-11H,1-2H3. The van der Waals surface area contributed by atoms with Gasteiger partial charge in [-0.1, -0.05) is 54.6 Å². The first kappa shape index (κ1) is 12.5. The first-order valence-electron chi connectivity index (χ1n) is 5.88. The molecule has 0 saturated carbocycles. The molecular weight excluding hydrogens is 227 g/mol. The highest BCUT2D eigenvalue weighted by Crippen LogP contribution is 2.31. The van der Waals surface area contributed by atoms with Crippen molar-refractivity contribution in [2.24, 2.45) is 0 Å². The number of hydrogen-bond donors (Lipinski definition) is 0. The number of hydrogen-bond acceptors (Lipinski definition) is 1. The zero-order valence-electron chi connectivity index (χ0n) is 10.5. The predicted molar refractivity (Wildman–Crippen MR) is 70.4 cm³/mol. The quantitative estimate of drug-likeness (QED) is 0.742. The van der Waals surface area contributed by atoms with Crippen LogP contribution in [-0.4, -0.2) is 5.78 Å². The minimum absolute atomic E-state index is 0.394. The minimum atomic E-state index is -1.99. The van der Waals surface area contributed by atoms with Crippen molar-refractivity contribution in [3.8, 4) is 0 Å². The van der Waals surface area contributed by atoms with Gasteiger partial charge in [0.1, 0.15) is 0 Å². The molecule has 2 aromatic carbocycles. The number of benzene rings is 2. The number of ketones is 1. The van der Waals surface area contributed by atoms with Gasteiger partial charge in [0.15, 0.2) is 5.67 Å². The summed E-state index contributed by atoms with van der Waals surface area (Å²) in [4.78, 5) is 12.2. The molecular formula is C16H15FO. The van der Waals surface area contributed by atoms with E-state index in [4.69, 9.17) is 0 Å². The minimum Gasteiger partial charge on any atom is -0.290 e. The second-order valence-corrected chi connectivity index (χ2v) is 4.51. The molecule has 0 saturated heterocycles. The zero-order valence-corrected chi connectivity index (χ0v) is 10.5. The SMILES string of the molecule is Cc1ccccc1C(C)(F)C(=O)c1ccccc1. The lowest BCUT2D eigenvalue weighted by Gasteiger charge is -2.21. The molecule has 2 rings (SSSR count). The van der Waals surface area contributed by atoms with E-state index in [0.29, 0.717) is 11.1 Å². The maximum Gasteiger partial charge on any atom is 0.204 e. The van der Waals surface area contributed by atoms with Gasteiger partial charge < -0.3 is 0 Å². The van der Waals surface area contributed by atoms with Gasteiger partial charge in [-0.25, -0.2) is 4.39 Å². The van der Waals surface area contributed by atoms with Crippen LogP contribution in [0.4, 0.5) is 4.39 Å². The van der Waals surface area contributed by atoms with Crippen LogP contribution < -0.4 is 0 Å². The summed E-state index contributed by atoms with van der Waals surface area (Å²) in [5, 5.41) is 0. The Morgan fingerprint density at radius 2 is 1.56 bits per heavy atom. The van der Waals surface area contributed by atoms with Crippen molar-refractivity contribution in [3.05, 3.63) is 71.3 Å². The van der Waals surface area contributed by atoms with E-state index >= 15 is 0 Å². The fraction of sp³-hybridized carbons (Fsp3) is 0.188. The molecule has 18 heavy (non-hydrogen) atoms. The molecule has 0 spiro atoms. The van der Waals surface area contributed by atoms with Crippen LogP contribution in [0.25, 0.3) is 0 Å².